The minimum absolute atomic E-state index is 0.330. The molecule has 2 unspecified atom stereocenters. The lowest BCUT2D eigenvalue weighted by Gasteiger charge is -2.42. The molecule has 0 aliphatic heterocycles. The Morgan fingerprint density at radius 1 is 0.531 bits per heavy atom. The van der Waals surface area contributed by atoms with Crippen molar-refractivity contribution in [2.45, 2.75) is 52.1 Å². The van der Waals surface area contributed by atoms with E-state index in [1.54, 1.807) is 0 Å². The molecular formula is C24H30F6N2. The third-order valence-electron chi connectivity index (χ3n) is 5.87. The molecule has 2 aromatic carbocycles. The summed E-state index contributed by atoms with van der Waals surface area (Å²) < 4.78 is 78.6. The van der Waals surface area contributed by atoms with Gasteiger partial charge in [0.1, 0.15) is 0 Å². The zero-order valence-corrected chi connectivity index (χ0v) is 18.8. The first-order valence-electron chi connectivity index (χ1n) is 10.8. The van der Waals surface area contributed by atoms with Gasteiger partial charge in [-0.25, -0.2) is 0 Å². The largest absolute Gasteiger partial charge is 0.416 e. The predicted molar refractivity (Wildman–Crippen MR) is 114 cm³/mol. The first-order valence-corrected chi connectivity index (χ1v) is 10.8. The summed E-state index contributed by atoms with van der Waals surface area (Å²) in [6, 6.07) is 9.52. The number of rotatable bonds is 9. The maximum atomic E-state index is 13.1. The average molecular weight is 461 g/mol. The fourth-order valence-electron chi connectivity index (χ4n) is 4.16. The molecule has 0 amide bonds. The second-order valence-electron chi connectivity index (χ2n) is 7.57. The molecule has 2 atom stereocenters. The fraction of sp³-hybridized carbons (Fsp3) is 0.500. The molecule has 0 aromatic heterocycles. The number of nitrogens with zero attached hydrogens (tertiary/aromatic N) is 2. The van der Waals surface area contributed by atoms with Gasteiger partial charge in [-0.2, -0.15) is 26.3 Å². The van der Waals surface area contributed by atoms with Gasteiger partial charge in [0.05, 0.1) is 23.2 Å². The van der Waals surface area contributed by atoms with Crippen molar-refractivity contribution in [2.75, 3.05) is 26.2 Å². The highest BCUT2D eigenvalue weighted by atomic mass is 19.4. The molecule has 0 N–H and O–H groups in total. The van der Waals surface area contributed by atoms with Crippen LogP contribution < -0.4 is 0 Å². The van der Waals surface area contributed by atoms with Crippen molar-refractivity contribution in [3.05, 3.63) is 70.8 Å². The normalized spacial score (nSPS) is 14.8. The Morgan fingerprint density at radius 3 is 0.969 bits per heavy atom. The van der Waals surface area contributed by atoms with Crippen molar-refractivity contribution >= 4 is 0 Å². The Morgan fingerprint density at radius 2 is 0.781 bits per heavy atom. The van der Waals surface area contributed by atoms with E-state index in [1.165, 1.54) is 24.3 Å². The van der Waals surface area contributed by atoms with Gasteiger partial charge < -0.3 is 0 Å². The lowest BCUT2D eigenvalue weighted by Crippen LogP contribution is -2.41. The molecular weight excluding hydrogens is 430 g/mol. The monoisotopic (exact) mass is 460 g/mol. The summed E-state index contributed by atoms with van der Waals surface area (Å²) >= 11 is 0. The van der Waals surface area contributed by atoms with Crippen LogP contribution in [0.5, 0.6) is 0 Å². The van der Waals surface area contributed by atoms with Crippen LogP contribution in [0.3, 0.4) is 0 Å². The molecule has 0 radical (unpaired) electrons. The van der Waals surface area contributed by atoms with Crippen LogP contribution in [0.4, 0.5) is 26.3 Å². The van der Waals surface area contributed by atoms with Crippen molar-refractivity contribution in [3.8, 4) is 0 Å². The van der Waals surface area contributed by atoms with E-state index in [0.717, 1.165) is 24.3 Å². The highest BCUT2D eigenvalue weighted by molar-refractivity contribution is 5.33. The number of alkyl halides is 6. The molecule has 2 rings (SSSR count). The Bertz CT molecular complexity index is 748. The standard InChI is InChI=1S/C24H30F6N2/c1-5-31(6-2)21(17-9-13-19(14-10-17)23(25,26)27)22(32(7-3)8-4)18-11-15-20(16-12-18)24(28,29)30/h9-16,21-22H,5-8H2,1-4H3. The van der Waals surface area contributed by atoms with E-state index in [2.05, 4.69) is 9.80 Å². The molecule has 0 saturated heterocycles. The molecule has 178 valence electrons. The number of likely N-dealkylation sites (N-methyl/N-ethyl adjacent to an activating group) is 2. The highest BCUT2D eigenvalue weighted by Crippen LogP contribution is 2.40. The van der Waals surface area contributed by atoms with E-state index >= 15 is 0 Å². The molecule has 0 aliphatic carbocycles. The van der Waals surface area contributed by atoms with Gasteiger partial charge >= 0.3 is 12.4 Å². The Labute approximate surface area is 185 Å². The van der Waals surface area contributed by atoms with Gasteiger partial charge in [0.25, 0.3) is 0 Å². The van der Waals surface area contributed by atoms with Crippen LogP contribution in [-0.2, 0) is 12.4 Å². The maximum Gasteiger partial charge on any atom is 0.416 e. The predicted octanol–water partition coefficient (Wildman–Crippen LogP) is 7.19. The van der Waals surface area contributed by atoms with E-state index in [-0.39, 0.29) is 12.1 Å². The molecule has 0 saturated carbocycles. The van der Waals surface area contributed by atoms with Crippen LogP contribution in [-0.4, -0.2) is 36.0 Å². The van der Waals surface area contributed by atoms with Crippen LogP contribution in [0.15, 0.2) is 48.5 Å². The second-order valence-corrected chi connectivity index (χ2v) is 7.57. The first kappa shape index (κ1) is 26.2. The van der Waals surface area contributed by atoms with Gasteiger partial charge in [-0.05, 0) is 61.6 Å². The van der Waals surface area contributed by atoms with Crippen molar-refractivity contribution in [2.24, 2.45) is 0 Å². The van der Waals surface area contributed by atoms with Crippen LogP contribution in [0.2, 0.25) is 0 Å². The zero-order valence-electron chi connectivity index (χ0n) is 18.8. The molecule has 0 heterocycles. The minimum atomic E-state index is -4.44. The van der Waals surface area contributed by atoms with Gasteiger partial charge in [0.2, 0.25) is 0 Å². The van der Waals surface area contributed by atoms with Crippen LogP contribution in [0, 0.1) is 0 Å². The number of hydrogen-bond donors (Lipinski definition) is 0. The maximum absolute atomic E-state index is 13.1. The van der Waals surface area contributed by atoms with Crippen LogP contribution in [0.1, 0.15) is 62.0 Å². The van der Waals surface area contributed by atoms with Crippen molar-refractivity contribution in [1.29, 1.82) is 0 Å². The van der Waals surface area contributed by atoms with E-state index in [0.29, 0.717) is 37.3 Å². The van der Waals surface area contributed by atoms with E-state index in [1.807, 2.05) is 27.7 Å². The van der Waals surface area contributed by atoms with Gasteiger partial charge in [-0.1, -0.05) is 52.0 Å². The second kappa shape index (κ2) is 10.7. The smallest absolute Gasteiger partial charge is 0.295 e. The summed E-state index contributed by atoms with van der Waals surface area (Å²) in [4.78, 5) is 4.26. The van der Waals surface area contributed by atoms with Gasteiger partial charge in [-0.15, -0.1) is 0 Å². The fourth-order valence-corrected chi connectivity index (χ4v) is 4.16. The molecule has 8 heteroatoms. The number of hydrogen-bond acceptors (Lipinski definition) is 2. The molecule has 2 nitrogen and oxygen atoms in total. The van der Waals surface area contributed by atoms with Crippen molar-refractivity contribution in [1.82, 2.24) is 9.80 Å². The summed E-state index contributed by atoms with van der Waals surface area (Å²) in [6.45, 7) is 10.4. The molecule has 32 heavy (non-hydrogen) atoms. The molecule has 0 fully saturated rings. The Kier molecular flexibility index (Phi) is 8.76. The topological polar surface area (TPSA) is 6.48 Å². The Balaban J connectivity index is 2.62. The Hall–Kier alpha value is -2.06. The molecule has 0 aliphatic rings. The van der Waals surface area contributed by atoms with E-state index in [9.17, 15) is 26.3 Å². The summed E-state index contributed by atoms with van der Waals surface area (Å²) in [7, 11) is 0. The van der Waals surface area contributed by atoms with Crippen LogP contribution >= 0.6 is 0 Å². The summed E-state index contributed by atoms with van der Waals surface area (Å²) in [6.07, 6.45) is -8.87. The van der Waals surface area contributed by atoms with Crippen molar-refractivity contribution < 1.29 is 26.3 Å². The van der Waals surface area contributed by atoms with Crippen molar-refractivity contribution in [3.63, 3.8) is 0 Å². The minimum Gasteiger partial charge on any atom is -0.295 e. The molecule has 2 aromatic rings. The highest BCUT2D eigenvalue weighted by Gasteiger charge is 2.35. The summed E-state index contributed by atoms with van der Waals surface area (Å²) in [5.41, 5.74) is -0.0704. The van der Waals surface area contributed by atoms with Crippen LogP contribution in [0.25, 0.3) is 0 Å². The van der Waals surface area contributed by atoms with E-state index in [4.69, 9.17) is 0 Å². The third kappa shape index (κ3) is 6.04. The third-order valence-corrected chi connectivity index (χ3v) is 5.87. The van der Waals surface area contributed by atoms with E-state index < -0.39 is 23.5 Å². The number of halogens is 6. The quantitative estimate of drug-likeness (QED) is 0.366. The average Bonchev–Trinajstić information content (AvgIpc) is 2.75. The first-order chi connectivity index (χ1) is 15.0. The summed E-state index contributed by atoms with van der Waals surface area (Å²) in [5, 5.41) is 0. The van der Waals surface area contributed by atoms with Gasteiger partial charge in [-0.3, -0.25) is 9.80 Å². The molecule has 0 spiro atoms. The molecule has 0 bridgehead atoms. The van der Waals surface area contributed by atoms with Gasteiger partial charge in [0, 0.05) is 0 Å². The lowest BCUT2D eigenvalue weighted by molar-refractivity contribution is -0.138. The van der Waals surface area contributed by atoms with Gasteiger partial charge in [0.15, 0.2) is 0 Å². The SMILES string of the molecule is CCN(CC)C(c1ccc(C(F)(F)F)cc1)C(c1ccc(C(F)(F)F)cc1)N(CC)CC. The lowest BCUT2D eigenvalue weighted by atomic mass is 9.89. The zero-order chi connectivity index (χ0) is 24.1. The summed E-state index contributed by atoms with van der Waals surface area (Å²) in [5.74, 6) is 0. The number of benzene rings is 2.